The van der Waals surface area contributed by atoms with Gasteiger partial charge in [-0.05, 0) is 17.7 Å². The number of rotatable bonds is 4. The molecule has 2 rings (SSSR count). The molecule has 0 fully saturated rings. The lowest BCUT2D eigenvalue weighted by atomic mass is 10.2. The first kappa shape index (κ1) is 13.6. The van der Waals surface area contributed by atoms with Crippen LogP contribution in [0.4, 0.5) is 0 Å². The zero-order chi connectivity index (χ0) is 13.1. The Morgan fingerprint density at radius 3 is 2.67 bits per heavy atom. The topological polar surface area (TPSA) is 30.7 Å². The molecule has 0 saturated heterocycles. The molecule has 0 aliphatic carbocycles. The summed E-state index contributed by atoms with van der Waals surface area (Å²) in [6.07, 6.45) is 1.73. The zero-order valence-corrected chi connectivity index (χ0v) is 12.8. The Morgan fingerprint density at radius 2 is 2.06 bits per heavy atom. The van der Waals surface area contributed by atoms with Crippen molar-refractivity contribution in [3.63, 3.8) is 0 Å². The maximum absolute atomic E-state index is 6.22. The van der Waals surface area contributed by atoms with E-state index < -0.39 is 0 Å². The Balaban J connectivity index is 2.30. The highest BCUT2D eigenvalue weighted by atomic mass is 79.9. The number of hydrogen-bond donors (Lipinski definition) is 0. The number of aromatic nitrogens is 3. The average Bonchev–Trinajstić information content (AvgIpc) is 2.75. The molecule has 3 nitrogen and oxygen atoms in total. The zero-order valence-electron chi connectivity index (χ0n) is 10.5. The third kappa shape index (κ3) is 2.93. The molecule has 0 unspecified atom stereocenters. The van der Waals surface area contributed by atoms with Gasteiger partial charge in [-0.15, -0.1) is 0 Å². The van der Waals surface area contributed by atoms with Gasteiger partial charge in [0, 0.05) is 22.3 Å². The summed E-state index contributed by atoms with van der Waals surface area (Å²) in [6.45, 7) is 4.82. The SMILES string of the molecule is CCc1nc(CC)n(Cc2ccc(Br)cc2Cl)n1. The first-order valence-corrected chi connectivity index (χ1v) is 7.17. The molecule has 0 radical (unpaired) electrons. The van der Waals surface area contributed by atoms with Crippen LogP contribution >= 0.6 is 27.5 Å². The van der Waals surface area contributed by atoms with E-state index in [4.69, 9.17) is 11.6 Å². The van der Waals surface area contributed by atoms with Crippen LogP contribution < -0.4 is 0 Å². The summed E-state index contributed by atoms with van der Waals surface area (Å²) in [4.78, 5) is 4.49. The van der Waals surface area contributed by atoms with E-state index in [-0.39, 0.29) is 0 Å². The normalized spacial score (nSPS) is 10.9. The van der Waals surface area contributed by atoms with Crippen LogP contribution in [0, 0.1) is 0 Å². The number of benzene rings is 1. The van der Waals surface area contributed by atoms with Gasteiger partial charge in [0.15, 0.2) is 5.82 Å². The van der Waals surface area contributed by atoms with Crippen LogP contribution in [0.3, 0.4) is 0 Å². The summed E-state index contributed by atoms with van der Waals surface area (Å²) in [6, 6.07) is 5.91. The average molecular weight is 329 g/mol. The van der Waals surface area contributed by atoms with Gasteiger partial charge in [0.05, 0.1) is 6.54 Å². The largest absolute Gasteiger partial charge is 0.245 e. The molecule has 0 aliphatic rings. The molecule has 5 heteroatoms. The Bertz CT molecular complexity index is 551. The first-order valence-electron chi connectivity index (χ1n) is 6.00. The van der Waals surface area contributed by atoms with Gasteiger partial charge in [-0.3, -0.25) is 0 Å². The molecule has 18 heavy (non-hydrogen) atoms. The lowest BCUT2D eigenvalue weighted by molar-refractivity contribution is 0.637. The molecule has 1 heterocycles. The second-order valence-corrected chi connectivity index (χ2v) is 5.37. The van der Waals surface area contributed by atoms with Gasteiger partial charge in [0.25, 0.3) is 0 Å². The molecule has 1 aromatic heterocycles. The molecule has 0 spiro atoms. The number of aryl methyl sites for hydroxylation is 2. The van der Waals surface area contributed by atoms with Crippen molar-refractivity contribution >= 4 is 27.5 Å². The molecule has 0 saturated carbocycles. The smallest absolute Gasteiger partial charge is 0.150 e. The van der Waals surface area contributed by atoms with Crippen LogP contribution in [-0.4, -0.2) is 14.8 Å². The highest BCUT2D eigenvalue weighted by Crippen LogP contribution is 2.22. The predicted molar refractivity (Wildman–Crippen MR) is 77.0 cm³/mol. The lowest BCUT2D eigenvalue weighted by Crippen LogP contribution is -2.06. The second kappa shape index (κ2) is 5.85. The van der Waals surface area contributed by atoms with Crippen molar-refractivity contribution in [2.45, 2.75) is 33.2 Å². The second-order valence-electron chi connectivity index (χ2n) is 4.04. The van der Waals surface area contributed by atoms with Crippen molar-refractivity contribution in [3.05, 3.63) is 44.9 Å². The van der Waals surface area contributed by atoms with Gasteiger partial charge in [-0.25, -0.2) is 9.67 Å². The summed E-state index contributed by atoms with van der Waals surface area (Å²) >= 11 is 9.63. The van der Waals surface area contributed by atoms with Crippen LogP contribution in [0.2, 0.25) is 5.02 Å². The molecule has 0 atom stereocenters. The van der Waals surface area contributed by atoms with Crippen molar-refractivity contribution < 1.29 is 0 Å². The van der Waals surface area contributed by atoms with E-state index in [2.05, 4.69) is 39.9 Å². The van der Waals surface area contributed by atoms with Crippen LogP contribution in [0.5, 0.6) is 0 Å². The molecule has 96 valence electrons. The van der Waals surface area contributed by atoms with Crippen LogP contribution in [0.15, 0.2) is 22.7 Å². The summed E-state index contributed by atoms with van der Waals surface area (Å²) in [5, 5.41) is 5.24. The Kier molecular flexibility index (Phi) is 4.40. The van der Waals surface area contributed by atoms with Crippen molar-refractivity contribution in [1.82, 2.24) is 14.8 Å². The van der Waals surface area contributed by atoms with Crippen molar-refractivity contribution in [2.24, 2.45) is 0 Å². The maximum Gasteiger partial charge on any atom is 0.150 e. The number of hydrogen-bond acceptors (Lipinski definition) is 2. The molecule has 0 N–H and O–H groups in total. The monoisotopic (exact) mass is 327 g/mol. The van der Waals surface area contributed by atoms with Gasteiger partial charge in [0.2, 0.25) is 0 Å². The maximum atomic E-state index is 6.22. The molecular weight excluding hydrogens is 314 g/mol. The molecule has 0 amide bonds. The standard InChI is InChI=1S/C13H15BrClN3/c1-3-12-16-13(4-2)18(17-12)8-9-5-6-10(14)7-11(9)15/h5-7H,3-4,8H2,1-2H3. The number of nitrogens with zero attached hydrogens (tertiary/aromatic N) is 3. The minimum Gasteiger partial charge on any atom is -0.245 e. The van der Waals surface area contributed by atoms with Gasteiger partial charge in [0.1, 0.15) is 5.82 Å². The fourth-order valence-electron chi connectivity index (χ4n) is 1.78. The van der Waals surface area contributed by atoms with Gasteiger partial charge >= 0.3 is 0 Å². The van der Waals surface area contributed by atoms with E-state index in [9.17, 15) is 0 Å². The quantitative estimate of drug-likeness (QED) is 0.853. The minimum absolute atomic E-state index is 0.669. The highest BCUT2D eigenvalue weighted by Gasteiger charge is 2.09. The first-order chi connectivity index (χ1) is 8.63. The fourth-order valence-corrected chi connectivity index (χ4v) is 2.51. The molecule has 0 bridgehead atoms. The van der Waals surface area contributed by atoms with Gasteiger partial charge in [-0.1, -0.05) is 47.4 Å². The lowest BCUT2D eigenvalue weighted by Gasteiger charge is -2.07. The third-order valence-corrected chi connectivity index (χ3v) is 3.60. The summed E-state index contributed by atoms with van der Waals surface area (Å²) in [7, 11) is 0. The Morgan fingerprint density at radius 1 is 1.28 bits per heavy atom. The summed E-state index contributed by atoms with van der Waals surface area (Å²) < 4.78 is 2.92. The van der Waals surface area contributed by atoms with Crippen LogP contribution in [0.1, 0.15) is 31.1 Å². The highest BCUT2D eigenvalue weighted by molar-refractivity contribution is 9.10. The fraction of sp³-hybridized carbons (Fsp3) is 0.385. The van der Waals surface area contributed by atoms with E-state index in [0.29, 0.717) is 6.54 Å². The van der Waals surface area contributed by atoms with E-state index in [1.165, 1.54) is 0 Å². The van der Waals surface area contributed by atoms with Crippen molar-refractivity contribution in [1.29, 1.82) is 0 Å². The minimum atomic E-state index is 0.669. The van der Waals surface area contributed by atoms with Gasteiger partial charge < -0.3 is 0 Å². The Labute approximate surface area is 120 Å². The van der Waals surface area contributed by atoms with Crippen molar-refractivity contribution in [3.8, 4) is 0 Å². The van der Waals surface area contributed by atoms with E-state index >= 15 is 0 Å². The van der Waals surface area contributed by atoms with Crippen LogP contribution in [0.25, 0.3) is 0 Å². The third-order valence-electron chi connectivity index (χ3n) is 2.76. The molecular formula is C13H15BrClN3. The Hall–Kier alpha value is -0.870. The summed E-state index contributed by atoms with van der Waals surface area (Å²) in [5.41, 5.74) is 1.06. The van der Waals surface area contributed by atoms with Crippen molar-refractivity contribution in [2.75, 3.05) is 0 Å². The van der Waals surface area contributed by atoms with E-state index in [1.807, 2.05) is 22.9 Å². The van der Waals surface area contributed by atoms with E-state index in [1.54, 1.807) is 0 Å². The number of halogens is 2. The summed E-state index contributed by atoms with van der Waals surface area (Å²) in [5.74, 6) is 1.89. The van der Waals surface area contributed by atoms with Crippen LogP contribution in [-0.2, 0) is 19.4 Å². The molecule has 0 aliphatic heterocycles. The van der Waals surface area contributed by atoms with Gasteiger partial charge in [-0.2, -0.15) is 5.10 Å². The van der Waals surface area contributed by atoms with E-state index in [0.717, 1.165) is 39.5 Å². The molecule has 2 aromatic rings. The molecule has 1 aromatic carbocycles. The predicted octanol–water partition coefficient (Wildman–Crippen LogP) is 3.87.